The summed E-state index contributed by atoms with van der Waals surface area (Å²) in [5.41, 5.74) is 7.08. The summed E-state index contributed by atoms with van der Waals surface area (Å²) in [7, 11) is 0. The third-order valence-electron chi connectivity index (χ3n) is 3.83. The van der Waals surface area contributed by atoms with Crippen LogP contribution in [0, 0.1) is 5.82 Å². The largest absolute Gasteiger partial charge is 0.478 e. The first-order valence-electron chi connectivity index (χ1n) is 7.56. The lowest BCUT2D eigenvalue weighted by atomic mass is 10.0. The van der Waals surface area contributed by atoms with E-state index < -0.39 is 11.9 Å². The predicted molar refractivity (Wildman–Crippen MR) is 88.4 cm³/mol. The highest BCUT2D eigenvalue weighted by molar-refractivity contribution is 6.04. The molecule has 2 aromatic rings. The smallest absolute Gasteiger partial charge is 0.268 e. The molecule has 1 atom stereocenters. The predicted octanol–water partition coefficient (Wildman–Crippen LogP) is 2.33. The van der Waals surface area contributed by atoms with Gasteiger partial charge in [0, 0.05) is 12.1 Å². The van der Waals surface area contributed by atoms with Gasteiger partial charge in [-0.2, -0.15) is 0 Å². The Bertz CT molecular complexity index is 807. The number of ketones is 1. The fourth-order valence-electron chi connectivity index (χ4n) is 2.72. The fourth-order valence-corrected chi connectivity index (χ4v) is 2.72. The third-order valence-corrected chi connectivity index (χ3v) is 3.83. The van der Waals surface area contributed by atoms with Crippen LogP contribution in [0.5, 0.6) is 5.75 Å². The van der Waals surface area contributed by atoms with Crippen molar-refractivity contribution in [3.05, 3.63) is 53.8 Å². The zero-order chi connectivity index (χ0) is 17.3. The van der Waals surface area contributed by atoms with Crippen LogP contribution >= 0.6 is 0 Å². The van der Waals surface area contributed by atoms with Crippen molar-refractivity contribution in [1.82, 2.24) is 0 Å². The SMILES string of the molecule is CC(=O)CN1C(=O)C(Cc2ccccc2F)Oc2ccc(N)cc21. The number of carbonyl (C=O) groups is 2. The van der Waals surface area contributed by atoms with E-state index in [1.54, 1.807) is 36.4 Å². The third kappa shape index (κ3) is 3.08. The van der Waals surface area contributed by atoms with Gasteiger partial charge < -0.3 is 10.5 Å². The summed E-state index contributed by atoms with van der Waals surface area (Å²) in [5.74, 6) is -0.490. The number of anilines is 2. The van der Waals surface area contributed by atoms with Crippen LogP contribution in [0.15, 0.2) is 42.5 Å². The van der Waals surface area contributed by atoms with Crippen molar-refractivity contribution >= 4 is 23.1 Å². The lowest BCUT2D eigenvalue weighted by Gasteiger charge is -2.34. The van der Waals surface area contributed by atoms with Crippen LogP contribution in [-0.2, 0) is 16.0 Å². The zero-order valence-corrected chi connectivity index (χ0v) is 13.2. The first-order chi connectivity index (χ1) is 11.5. The summed E-state index contributed by atoms with van der Waals surface area (Å²) in [6.45, 7) is 1.33. The number of ether oxygens (including phenoxy) is 1. The van der Waals surface area contributed by atoms with Crippen LogP contribution < -0.4 is 15.4 Å². The number of fused-ring (bicyclic) bond motifs is 1. The highest BCUT2D eigenvalue weighted by Gasteiger charge is 2.35. The Morgan fingerprint density at radius 3 is 2.75 bits per heavy atom. The highest BCUT2D eigenvalue weighted by atomic mass is 19.1. The Kier molecular flexibility index (Phi) is 4.20. The molecule has 0 fully saturated rings. The molecule has 1 amide bonds. The molecule has 2 aromatic carbocycles. The minimum absolute atomic E-state index is 0.0770. The second kappa shape index (κ2) is 6.31. The molecule has 0 spiro atoms. The van der Waals surface area contributed by atoms with Crippen molar-refractivity contribution in [1.29, 1.82) is 0 Å². The molecule has 0 radical (unpaired) electrons. The first-order valence-corrected chi connectivity index (χ1v) is 7.56. The van der Waals surface area contributed by atoms with Gasteiger partial charge in [0.05, 0.1) is 12.2 Å². The first kappa shape index (κ1) is 16.0. The Morgan fingerprint density at radius 1 is 1.29 bits per heavy atom. The van der Waals surface area contributed by atoms with E-state index in [1.165, 1.54) is 17.9 Å². The van der Waals surface area contributed by atoms with Gasteiger partial charge in [0.1, 0.15) is 17.3 Å². The second-order valence-corrected chi connectivity index (χ2v) is 5.76. The quantitative estimate of drug-likeness (QED) is 0.874. The summed E-state index contributed by atoms with van der Waals surface area (Å²) in [4.78, 5) is 25.6. The molecule has 0 saturated carbocycles. The summed E-state index contributed by atoms with van der Waals surface area (Å²) < 4.78 is 19.6. The number of carbonyl (C=O) groups excluding carboxylic acids is 2. The summed E-state index contributed by atoms with van der Waals surface area (Å²) in [5, 5.41) is 0. The van der Waals surface area contributed by atoms with Crippen molar-refractivity contribution in [3.8, 4) is 5.75 Å². The lowest BCUT2D eigenvalue weighted by molar-refractivity contribution is -0.128. The van der Waals surface area contributed by atoms with Gasteiger partial charge in [-0.05, 0) is 36.8 Å². The summed E-state index contributed by atoms with van der Waals surface area (Å²) in [6, 6.07) is 11.1. The summed E-state index contributed by atoms with van der Waals surface area (Å²) in [6.07, 6.45) is -0.804. The van der Waals surface area contributed by atoms with Crippen molar-refractivity contribution in [2.24, 2.45) is 0 Å². The van der Waals surface area contributed by atoms with Gasteiger partial charge in [0.2, 0.25) is 0 Å². The lowest BCUT2D eigenvalue weighted by Crippen LogP contribution is -2.48. The Labute approximate surface area is 138 Å². The van der Waals surface area contributed by atoms with Gasteiger partial charge in [-0.3, -0.25) is 14.5 Å². The molecule has 1 aliphatic heterocycles. The van der Waals surface area contributed by atoms with Crippen LogP contribution in [0.4, 0.5) is 15.8 Å². The molecule has 5 nitrogen and oxygen atoms in total. The molecule has 1 heterocycles. The second-order valence-electron chi connectivity index (χ2n) is 5.76. The molecule has 6 heteroatoms. The van der Waals surface area contributed by atoms with E-state index in [-0.39, 0.29) is 24.7 Å². The maximum Gasteiger partial charge on any atom is 0.268 e. The normalized spacial score (nSPS) is 16.5. The van der Waals surface area contributed by atoms with Crippen molar-refractivity contribution in [2.45, 2.75) is 19.4 Å². The van der Waals surface area contributed by atoms with Gasteiger partial charge in [-0.15, -0.1) is 0 Å². The average molecular weight is 328 g/mol. The van der Waals surface area contributed by atoms with E-state index in [9.17, 15) is 14.0 Å². The molecule has 2 N–H and O–H groups in total. The Hall–Kier alpha value is -2.89. The molecule has 124 valence electrons. The van der Waals surface area contributed by atoms with Crippen molar-refractivity contribution < 1.29 is 18.7 Å². The van der Waals surface area contributed by atoms with Gasteiger partial charge in [-0.1, -0.05) is 18.2 Å². The van der Waals surface area contributed by atoms with E-state index in [0.29, 0.717) is 22.7 Å². The van der Waals surface area contributed by atoms with Crippen molar-refractivity contribution in [3.63, 3.8) is 0 Å². The molecular weight excluding hydrogens is 311 g/mol. The average Bonchev–Trinajstić information content (AvgIpc) is 2.53. The number of halogens is 1. The number of benzene rings is 2. The van der Waals surface area contributed by atoms with Crippen LogP contribution in [0.2, 0.25) is 0 Å². The zero-order valence-electron chi connectivity index (χ0n) is 13.2. The fraction of sp³-hybridized carbons (Fsp3) is 0.222. The van der Waals surface area contributed by atoms with Gasteiger partial charge >= 0.3 is 0 Å². The van der Waals surface area contributed by atoms with E-state index in [1.807, 2.05) is 0 Å². The standard InChI is InChI=1S/C18H17FN2O3/c1-11(22)10-21-15-9-13(20)6-7-16(15)24-17(18(21)23)8-12-4-2-3-5-14(12)19/h2-7,9,17H,8,10,20H2,1H3. The molecule has 3 rings (SSSR count). The van der Waals surface area contributed by atoms with E-state index in [2.05, 4.69) is 0 Å². The van der Waals surface area contributed by atoms with Gasteiger partial charge in [0.15, 0.2) is 6.10 Å². The minimum Gasteiger partial charge on any atom is -0.478 e. The van der Waals surface area contributed by atoms with Crippen LogP contribution in [0.25, 0.3) is 0 Å². The number of amides is 1. The molecule has 0 bridgehead atoms. The molecule has 0 saturated heterocycles. The molecule has 1 unspecified atom stereocenters. The van der Waals surface area contributed by atoms with E-state index in [0.717, 1.165) is 0 Å². The molecule has 0 aliphatic carbocycles. The number of Topliss-reactive ketones (excluding diaryl/α,β-unsaturated/α-hetero) is 1. The number of nitrogens with zero attached hydrogens (tertiary/aromatic N) is 1. The number of rotatable bonds is 4. The maximum absolute atomic E-state index is 13.9. The molecule has 1 aliphatic rings. The summed E-state index contributed by atoms with van der Waals surface area (Å²) >= 11 is 0. The molecular formula is C18H17FN2O3. The Morgan fingerprint density at radius 2 is 2.04 bits per heavy atom. The topological polar surface area (TPSA) is 72.6 Å². The maximum atomic E-state index is 13.9. The van der Waals surface area contributed by atoms with Crippen LogP contribution in [-0.4, -0.2) is 24.3 Å². The van der Waals surface area contributed by atoms with E-state index in [4.69, 9.17) is 10.5 Å². The Balaban J connectivity index is 1.95. The van der Waals surface area contributed by atoms with Crippen LogP contribution in [0.3, 0.4) is 0 Å². The van der Waals surface area contributed by atoms with E-state index >= 15 is 0 Å². The number of hydrogen-bond acceptors (Lipinski definition) is 4. The minimum atomic E-state index is -0.891. The van der Waals surface area contributed by atoms with Gasteiger partial charge in [0.25, 0.3) is 5.91 Å². The highest BCUT2D eigenvalue weighted by Crippen LogP contribution is 2.36. The number of hydrogen-bond donors (Lipinski definition) is 1. The number of nitrogen functional groups attached to an aromatic ring is 1. The molecule has 0 aromatic heterocycles. The van der Waals surface area contributed by atoms with Gasteiger partial charge in [-0.25, -0.2) is 4.39 Å². The monoisotopic (exact) mass is 328 g/mol. The van der Waals surface area contributed by atoms with Crippen molar-refractivity contribution in [2.75, 3.05) is 17.2 Å². The van der Waals surface area contributed by atoms with Crippen LogP contribution in [0.1, 0.15) is 12.5 Å². The number of nitrogens with two attached hydrogens (primary N) is 1. The molecule has 24 heavy (non-hydrogen) atoms.